The van der Waals surface area contributed by atoms with Gasteiger partial charge in [0.05, 0.1) is 20.6 Å². The molecule has 2 amide bonds. The minimum Gasteiger partial charge on any atom is -0.469 e. The number of carbonyl (C=O) groups excluding carboxylic acids is 3. The summed E-state index contributed by atoms with van der Waals surface area (Å²) in [6, 6.07) is 9.57. The van der Waals surface area contributed by atoms with Crippen LogP contribution in [0.3, 0.4) is 0 Å². The van der Waals surface area contributed by atoms with Gasteiger partial charge < -0.3 is 29.1 Å². The lowest BCUT2D eigenvalue weighted by Gasteiger charge is -2.25. The molecule has 35 heavy (non-hydrogen) atoms. The summed E-state index contributed by atoms with van der Waals surface area (Å²) in [7, 11) is 2.70. The number of carbonyl (C=O) groups is 4. The van der Waals surface area contributed by atoms with Crippen molar-refractivity contribution >= 4 is 24.1 Å². The van der Waals surface area contributed by atoms with Crippen LogP contribution in [-0.2, 0) is 30.4 Å². The maximum Gasteiger partial charge on any atom is 0.410 e. The molecule has 1 saturated heterocycles. The maximum atomic E-state index is 11.9. The Morgan fingerprint density at radius 3 is 2.14 bits per heavy atom. The Balaban J connectivity index is 0.000000269. The molecule has 1 fully saturated rings. The third kappa shape index (κ3) is 9.91. The average molecular weight is 489 g/mol. The second kappa shape index (κ2) is 14.4. The van der Waals surface area contributed by atoms with Crippen LogP contribution in [0.2, 0.25) is 0 Å². The topological polar surface area (TPSA) is 123 Å². The number of carboxylic acid groups (broad SMARTS) is 1. The smallest absolute Gasteiger partial charge is 0.410 e. The molecule has 3 rings (SSSR count). The number of piperidine rings is 1. The van der Waals surface area contributed by atoms with Crippen LogP contribution in [0.15, 0.2) is 53.6 Å². The largest absolute Gasteiger partial charge is 0.469 e. The Morgan fingerprint density at radius 2 is 1.60 bits per heavy atom. The fourth-order valence-corrected chi connectivity index (χ4v) is 3.46. The number of hydrogen-bond acceptors (Lipinski definition) is 7. The first-order valence-electron chi connectivity index (χ1n) is 11.3. The summed E-state index contributed by atoms with van der Waals surface area (Å²) in [5.74, 6) is -0.620. The molecule has 1 aromatic rings. The van der Waals surface area contributed by atoms with E-state index in [9.17, 15) is 19.2 Å². The van der Waals surface area contributed by atoms with E-state index in [0.717, 1.165) is 16.7 Å². The predicted molar refractivity (Wildman–Crippen MR) is 126 cm³/mol. The Hall–Kier alpha value is -3.82. The number of rotatable bonds is 5. The van der Waals surface area contributed by atoms with Gasteiger partial charge in [-0.05, 0) is 24.8 Å². The summed E-state index contributed by atoms with van der Waals surface area (Å²) >= 11 is 0. The van der Waals surface area contributed by atoms with Crippen molar-refractivity contribution in [1.29, 1.82) is 0 Å². The van der Waals surface area contributed by atoms with Crippen molar-refractivity contribution in [2.24, 2.45) is 0 Å². The lowest BCUT2D eigenvalue weighted by molar-refractivity contribution is -0.140. The molecule has 0 aromatic heterocycles. The fourth-order valence-electron chi connectivity index (χ4n) is 3.46. The van der Waals surface area contributed by atoms with Gasteiger partial charge in [-0.3, -0.25) is 4.79 Å². The first kappa shape index (κ1) is 27.4. The standard InChI is InChI=1S/C16H19NO4.C9H13NO4/c1-20-15(18)11-13-7-9-17(10-8-13)16(19)21-12-14-5-3-2-4-6-14;1-14-8(11)6-7-2-4-10(5-3-7)9(12)13/h2-7H,8-12H2,1H3;6H,2-5H2,1H3,(H,12,13). The number of amides is 2. The Bertz CT molecular complexity index is 932. The summed E-state index contributed by atoms with van der Waals surface area (Å²) < 4.78 is 14.4. The molecule has 0 bridgehead atoms. The van der Waals surface area contributed by atoms with Crippen molar-refractivity contribution in [2.75, 3.05) is 40.4 Å². The van der Waals surface area contributed by atoms with Gasteiger partial charge in [-0.15, -0.1) is 0 Å². The van der Waals surface area contributed by atoms with Gasteiger partial charge in [-0.25, -0.2) is 14.4 Å². The van der Waals surface area contributed by atoms with Crippen molar-refractivity contribution in [1.82, 2.24) is 9.80 Å². The number of ether oxygens (including phenoxy) is 3. The zero-order valence-corrected chi connectivity index (χ0v) is 20.1. The van der Waals surface area contributed by atoms with E-state index >= 15 is 0 Å². The molecule has 0 radical (unpaired) electrons. The van der Waals surface area contributed by atoms with E-state index < -0.39 is 6.09 Å². The van der Waals surface area contributed by atoms with Crippen LogP contribution in [0, 0.1) is 0 Å². The molecule has 2 aliphatic heterocycles. The summed E-state index contributed by atoms with van der Waals surface area (Å²) in [5.41, 5.74) is 2.92. The second-order valence-corrected chi connectivity index (χ2v) is 7.95. The minimum absolute atomic E-state index is 0.249. The van der Waals surface area contributed by atoms with E-state index in [1.54, 1.807) is 4.90 Å². The van der Waals surface area contributed by atoms with Crippen molar-refractivity contribution in [2.45, 2.75) is 32.3 Å². The van der Waals surface area contributed by atoms with Crippen LogP contribution in [0.25, 0.3) is 0 Å². The fraction of sp³-hybridized carbons (Fsp3) is 0.440. The molecule has 0 aliphatic carbocycles. The summed E-state index contributed by atoms with van der Waals surface area (Å²) in [6.07, 6.45) is 4.31. The summed E-state index contributed by atoms with van der Waals surface area (Å²) in [4.78, 5) is 47.5. The van der Waals surface area contributed by atoms with Gasteiger partial charge in [0.15, 0.2) is 0 Å². The summed E-state index contributed by atoms with van der Waals surface area (Å²) in [6.45, 7) is 2.22. The normalized spacial score (nSPS) is 15.1. The molecule has 0 unspecified atom stereocenters. The Labute approximate surface area is 204 Å². The van der Waals surface area contributed by atoms with Crippen LogP contribution in [0.5, 0.6) is 0 Å². The quantitative estimate of drug-likeness (QED) is 0.290. The second-order valence-electron chi connectivity index (χ2n) is 7.95. The van der Waals surface area contributed by atoms with Crippen molar-refractivity contribution < 1.29 is 38.5 Å². The van der Waals surface area contributed by atoms with Gasteiger partial charge in [-0.2, -0.15) is 0 Å². The molecular weight excluding hydrogens is 456 g/mol. The third-order valence-corrected chi connectivity index (χ3v) is 5.56. The highest BCUT2D eigenvalue weighted by Crippen LogP contribution is 2.17. The van der Waals surface area contributed by atoms with E-state index in [0.29, 0.717) is 51.9 Å². The van der Waals surface area contributed by atoms with E-state index in [1.807, 2.05) is 36.4 Å². The van der Waals surface area contributed by atoms with Crippen molar-refractivity contribution in [3.8, 4) is 0 Å². The molecular formula is C25H32N2O8. The van der Waals surface area contributed by atoms with Crippen LogP contribution < -0.4 is 0 Å². The molecule has 1 aromatic carbocycles. The minimum atomic E-state index is -0.901. The highest BCUT2D eigenvalue weighted by molar-refractivity contribution is 5.82. The molecule has 1 N–H and O–H groups in total. The molecule has 10 nitrogen and oxygen atoms in total. The lowest BCUT2D eigenvalue weighted by atomic mass is 10.0. The number of methoxy groups -OCH3 is 2. The Kier molecular flexibility index (Phi) is 11.3. The zero-order chi connectivity index (χ0) is 25.6. The molecule has 0 atom stereocenters. The Morgan fingerprint density at radius 1 is 0.943 bits per heavy atom. The molecule has 2 aliphatic rings. The highest BCUT2D eigenvalue weighted by Gasteiger charge is 2.20. The molecule has 10 heteroatoms. The summed E-state index contributed by atoms with van der Waals surface area (Å²) in [5, 5.41) is 8.67. The van der Waals surface area contributed by atoms with Gasteiger partial charge in [0.25, 0.3) is 0 Å². The van der Waals surface area contributed by atoms with Crippen LogP contribution in [0.1, 0.15) is 31.2 Å². The first-order valence-corrected chi connectivity index (χ1v) is 11.3. The molecule has 0 saturated carbocycles. The lowest BCUT2D eigenvalue weighted by Crippen LogP contribution is -2.35. The maximum absolute atomic E-state index is 11.9. The SMILES string of the molecule is COC(=O)C=C1CCN(C(=O)O)CC1.COC(=O)CC1=CCN(C(=O)OCc2ccccc2)CC1. The van der Waals surface area contributed by atoms with Gasteiger partial charge in [0.1, 0.15) is 6.61 Å². The van der Waals surface area contributed by atoms with Gasteiger partial charge in [0, 0.05) is 32.3 Å². The first-order chi connectivity index (χ1) is 16.8. The van der Waals surface area contributed by atoms with Crippen LogP contribution >= 0.6 is 0 Å². The molecule has 0 spiro atoms. The number of likely N-dealkylation sites (tertiary alicyclic amines) is 1. The highest BCUT2D eigenvalue weighted by atomic mass is 16.6. The molecule has 190 valence electrons. The van der Waals surface area contributed by atoms with Crippen molar-refractivity contribution in [3.05, 3.63) is 59.2 Å². The van der Waals surface area contributed by atoms with E-state index in [-0.39, 0.29) is 24.6 Å². The van der Waals surface area contributed by atoms with Gasteiger partial charge in [0.2, 0.25) is 0 Å². The van der Waals surface area contributed by atoms with E-state index in [1.165, 1.54) is 25.2 Å². The number of nitrogens with zero attached hydrogens (tertiary/aromatic N) is 2. The van der Waals surface area contributed by atoms with Crippen molar-refractivity contribution in [3.63, 3.8) is 0 Å². The third-order valence-electron chi connectivity index (χ3n) is 5.56. The average Bonchev–Trinajstić information content (AvgIpc) is 2.88. The van der Waals surface area contributed by atoms with E-state index in [2.05, 4.69) is 9.47 Å². The van der Waals surface area contributed by atoms with Crippen LogP contribution in [-0.4, -0.2) is 79.4 Å². The number of esters is 2. The van der Waals surface area contributed by atoms with Gasteiger partial charge >= 0.3 is 24.1 Å². The monoisotopic (exact) mass is 488 g/mol. The zero-order valence-electron chi connectivity index (χ0n) is 20.1. The van der Waals surface area contributed by atoms with Crippen LogP contribution in [0.4, 0.5) is 9.59 Å². The van der Waals surface area contributed by atoms with E-state index in [4.69, 9.17) is 9.84 Å². The number of hydrogen-bond donors (Lipinski definition) is 1. The van der Waals surface area contributed by atoms with Gasteiger partial charge in [-0.1, -0.05) is 47.6 Å². The number of benzene rings is 1. The molecule has 2 heterocycles. The predicted octanol–water partition coefficient (Wildman–Crippen LogP) is 3.38.